The Bertz CT molecular complexity index is 934. The Balaban J connectivity index is 1.78. The molecule has 3 aromatic rings. The molecule has 0 aliphatic heterocycles. The maximum Gasteiger partial charge on any atom is 0.573 e. The molecule has 0 bridgehead atoms. The van der Waals surface area contributed by atoms with E-state index >= 15 is 0 Å². The van der Waals surface area contributed by atoms with Gasteiger partial charge in [-0.2, -0.15) is 0 Å². The Hall–Kier alpha value is -3.13. The molecule has 1 heterocycles. The van der Waals surface area contributed by atoms with Crippen molar-refractivity contribution < 1.29 is 23.0 Å². The first-order valence-corrected chi connectivity index (χ1v) is 8.88. The van der Waals surface area contributed by atoms with E-state index in [0.717, 1.165) is 5.56 Å². The molecule has 0 amide bonds. The second kappa shape index (κ2) is 8.48. The van der Waals surface area contributed by atoms with Gasteiger partial charge in [0.2, 0.25) is 0 Å². The van der Waals surface area contributed by atoms with Crippen LogP contribution >= 0.6 is 0 Å². The predicted molar refractivity (Wildman–Crippen MR) is 103 cm³/mol. The summed E-state index contributed by atoms with van der Waals surface area (Å²) in [6.07, 6.45) is -4.08. The minimum atomic E-state index is -4.73. The Morgan fingerprint density at radius 1 is 1.00 bits per heavy atom. The fourth-order valence-electron chi connectivity index (χ4n) is 2.87. The highest BCUT2D eigenvalue weighted by molar-refractivity contribution is 5.63. The van der Waals surface area contributed by atoms with E-state index in [1.54, 1.807) is 6.07 Å². The summed E-state index contributed by atoms with van der Waals surface area (Å²) < 4.78 is 40.8. The van der Waals surface area contributed by atoms with Gasteiger partial charge in [-0.1, -0.05) is 30.3 Å². The molecule has 2 atom stereocenters. The van der Waals surface area contributed by atoms with Crippen LogP contribution in [0.1, 0.15) is 18.6 Å². The summed E-state index contributed by atoms with van der Waals surface area (Å²) in [5.41, 5.74) is 1.95. The quantitative estimate of drug-likeness (QED) is 0.652. The maximum atomic E-state index is 12.3. The smallest absolute Gasteiger partial charge is 0.406 e. The second-order valence-electron chi connectivity index (χ2n) is 6.54. The first kappa shape index (κ1) is 20.6. The number of aliphatic hydroxyl groups excluding tert-OH is 1. The molecular weight excluding hydrogens is 383 g/mol. The van der Waals surface area contributed by atoms with Crippen LogP contribution in [-0.2, 0) is 0 Å². The molecule has 29 heavy (non-hydrogen) atoms. The van der Waals surface area contributed by atoms with Crippen LogP contribution in [0.5, 0.6) is 5.75 Å². The van der Waals surface area contributed by atoms with E-state index < -0.39 is 12.5 Å². The van der Waals surface area contributed by atoms with Crippen LogP contribution < -0.4 is 9.64 Å². The van der Waals surface area contributed by atoms with Gasteiger partial charge in [-0.05, 0) is 36.8 Å². The summed E-state index contributed by atoms with van der Waals surface area (Å²) in [6.45, 7) is 1.88. The zero-order valence-electron chi connectivity index (χ0n) is 15.8. The highest BCUT2D eigenvalue weighted by Gasteiger charge is 2.31. The molecule has 0 unspecified atom stereocenters. The lowest BCUT2D eigenvalue weighted by Crippen LogP contribution is -2.35. The number of hydrogen-bond donors (Lipinski definition) is 1. The van der Waals surface area contributed by atoms with Gasteiger partial charge in [-0.3, -0.25) is 0 Å². The van der Waals surface area contributed by atoms with Crippen LogP contribution in [0, 0.1) is 0 Å². The van der Waals surface area contributed by atoms with E-state index in [9.17, 15) is 18.3 Å². The van der Waals surface area contributed by atoms with Gasteiger partial charge in [0.25, 0.3) is 0 Å². The summed E-state index contributed by atoms with van der Waals surface area (Å²) in [5.74, 6) is 0.278. The van der Waals surface area contributed by atoms with E-state index in [2.05, 4.69) is 14.7 Å². The van der Waals surface area contributed by atoms with E-state index in [-0.39, 0.29) is 11.8 Å². The molecule has 0 saturated carbocycles. The van der Waals surface area contributed by atoms with Crippen molar-refractivity contribution in [3.05, 3.63) is 72.6 Å². The maximum absolute atomic E-state index is 12.3. The van der Waals surface area contributed by atoms with Crippen LogP contribution in [0.2, 0.25) is 0 Å². The molecule has 0 saturated heterocycles. The van der Waals surface area contributed by atoms with Crippen molar-refractivity contribution in [2.45, 2.75) is 25.4 Å². The highest BCUT2D eigenvalue weighted by Crippen LogP contribution is 2.28. The van der Waals surface area contributed by atoms with Crippen LogP contribution in [0.25, 0.3) is 11.3 Å². The molecule has 1 N–H and O–H groups in total. The lowest BCUT2D eigenvalue weighted by Gasteiger charge is -2.30. The van der Waals surface area contributed by atoms with Crippen LogP contribution in [0.15, 0.2) is 67.0 Å². The number of aliphatic hydroxyl groups is 1. The normalized spacial score (nSPS) is 13.6. The highest BCUT2D eigenvalue weighted by atomic mass is 19.4. The molecule has 0 spiro atoms. The molecule has 0 aliphatic rings. The minimum absolute atomic E-state index is 0.275. The number of aromatic nitrogens is 2. The number of ether oxygens (including phenoxy) is 1. The van der Waals surface area contributed by atoms with Crippen molar-refractivity contribution in [2.24, 2.45) is 0 Å². The van der Waals surface area contributed by atoms with Crippen molar-refractivity contribution in [3.8, 4) is 17.0 Å². The molecule has 0 radical (unpaired) electrons. The van der Waals surface area contributed by atoms with E-state index in [1.807, 2.05) is 49.2 Å². The number of benzene rings is 2. The zero-order chi connectivity index (χ0) is 21.0. The lowest BCUT2D eigenvalue weighted by atomic mass is 10.0. The topological polar surface area (TPSA) is 58.5 Å². The lowest BCUT2D eigenvalue weighted by molar-refractivity contribution is -0.274. The van der Waals surface area contributed by atoms with Crippen molar-refractivity contribution in [1.82, 2.24) is 9.97 Å². The Morgan fingerprint density at radius 2 is 1.66 bits per heavy atom. The number of nitrogens with zero attached hydrogens (tertiary/aromatic N) is 3. The zero-order valence-corrected chi connectivity index (χ0v) is 15.8. The number of rotatable bonds is 6. The van der Waals surface area contributed by atoms with Crippen molar-refractivity contribution in [3.63, 3.8) is 0 Å². The molecule has 8 heteroatoms. The summed E-state index contributed by atoms with van der Waals surface area (Å²) in [5, 5.41) is 10.6. The van der Waals surface area contributed by atoms with Gasteiger partial charge in [-0.15, -0.1) is 13.2 Å². The standard InChI is InChI=1S/C21H20F3N3O2/c1-14(20(28)16-6-4-3-5-7-16)27(2)19-12-18(25-13-26-19)15-8-10-17(11-9-15)29-21(22,23)24/h3-14,20,28H,1-2H3/t14-,20-/m0/s1. The summed E-state index contributed by atoms with van der Waals surface area (Å²) >= 11 is 0. The van der Waals surface area contributed by atoms with Crippen molar-refractivity contribution >= 4 is 5.82 Å². The average molecular weight is 403 g/mol. The summed E-state index contributed by atoms with van der Waals surface area (Å²) in [7, 11) is 1.81. The van der Waals surface area contributed by atoms with Crippen molar-refractivity contribution in [2.75, 3.05) is 11.9 Å². The molecule has 152 valence electrons. The number of anilines is 1. The van der Waals surface area contributed by atoms with Gasteiger partial charge in [0.15, 0.2) is 0 Å². The van der Waals surface area contributed by atoms with Crippen molar-refractivity contribution in [1.29, 1.82) is 0 Å². The third-order valence-corrected chi connectivity index (χ3v) is 4.61. The third-order valence-electron chi connectivity index (χ3n) is 4.61. The first-order valence-electron chi connectivity index (χ1n) is 8.88. The molecule has 5 nitrogen and oxygen atoms in total. The van der Waals surface area contributed by atoms with E-state index in [1.165, 1.54) is 30.6 Å². The van der Waals surface area contributed by atoms with Gasteiger partial charge in [-0.25, -0.2) is 9.97 Å². The number of alkyl halides is 3. The third kappa shape index (κ3) is 5.23. The number of halogens is 3. The van der Waals surface area contributed by atoms with E-state index in [0.29, 0.717) is 17.1 Å². The Labute approximate surface area is 166 Å². The predicted octanol–water partition coefficient (Wildman–Crippen LogP) is 4.60. The van der Waals surface area contributed by atoms with Gasteiger partial charge >= 0.3 is 6.36 Å². The molecular formula is C21H20F3N3O2. The largest absolute Gasteiger partial charge is 0.573 e. The summed E-state index contributed by atoms with van der Waals surface area (Å²) in [6, 6.07) is 16.2. The van der Waals surface area contributed by atoms with E-state index in [4.69, 9.17) is 0 Å². The van der Waals surface area contributed by atoms with Crippen LogP contribution in [-0.4, -0.2) is 34.5 Å². The fourth-order valence-corrected chi connectivity index (χ4v) is 2.87. The molecule has 3 rings (SSSR count). The molecule has 1 aromatic heterocycles. The summed E-state index contributed by atoms with van der Waals surface area (Å²) in [4.78, 5) is 10.3. The molecule has 0 aliphatic carbocycles. The Morgan fingerprint density at radius 3 is 2.28 bits per heavy atom. The molecule has 0 fully saturated rings. The van der Waals surface area contributed by atoms with Gasteiger partial charge < -0.3 is 14.7 Å². The van der Waals surface area contributed by atoms with Gasteiger partial charge in [0, 0.05) is 18.7 Å². The fraction of sp³-hybridized carbons (Fsp3) is 0.238. The van der Waals surface area contributed by atoms with Crippen LogP contribution in [0.3, 0.4) is 0 Å². The van der Waals surface area contributed by atoms with Gasteiger partial charge in [0.05, 0.1) is 17.8 Å². The number of likely N-dealkylation sites (N-methyl/N-ethyl adjacent to an activating group) is 1. The van der Waals surface area contributed by atoms with Gasteiger partial charge in [0.1, 0.15) is 17.9 Å². The number of hydrogen-bond acceptors (Lipinski definition) is 5. The SMILES string of the molecule is C[C@@H]([C@H](O)c1ccccc1)N(C)c1cc(-c2ccc(OC(F)(F)F)cc2)ncn1. The average Bonchev–Trinajstić information content (AvgIpc) is 2.72. The van der Waals surface area contributed by atoms with Crippen LogP contribution in [0.4, 0.5) is 19.0 Å². The Kier molecular flexibility index (Phi) is 6.03. The monoisotopic (exact) mass is 403 g/mol. The molecule has 2 aromatic carbocycles. The minimum Gasteiger partial charge on any atom is -0.406 e. The second-order valence-corrected chi connectivity index (χ2v) is 6.54. The first-order chi connectivity index (χ1) is 13.7.